The summed E-state index contributed by atoms with van der Waals surface area (Å²) in [6.07, 6.45) is 3.08. The van der Waals surface area contributed by atoms with Crippen LogP contribution in [0.2, 0.25) is 0 Å². The van der Waals surface area contributed by atoms with Crippen molar-refractivity contribution >= 4 is 29.0 Å². The Morgan fingerprint density at radius 3 is 2.47 bits per heavy atom. The smallest absolute Gasteiger partial charge is 0.262 e. The molecule has 1 aliphatic rings. The predicted molar refractivity (Wildman–Crippen MR) is 140 cm³/mol. The highest BCUT2D eigenvalue weighted by Crippen LogP contribution is 2.23. The first-order valence-electron chi connectivity index (χ1n) is 12.3. The number of likely N-dealkylation sites (tertiary alicyclic amines) is 1. The SMILES string of the molecule is CCN(CC)CCn1c(=S)[nH]c2cc(C(=O)N3CCC(Cc4ccccc4)CC3)ccc2c1=O. The summed E-state index contributed by atoms with van der Waals surface area (Å²) >= 11 is 5.49. The number of aromatic nitrogens is 2. The van der Waals surface area contributed by atoms with Gasteiger partial charge in [0.25, 0.3) is 11.5 Å². The van der Waals surface area contributed by atoms with Crippen molar-refractivity contribution in [1.82, 2.24) is 19.4 Å². The Morgan fingerprint density at radius 1 is 1.09 bits per heavy atom. The van der Waals surface area contributed by atoms with Gasteiger partial charge in [0.1, 0.15) is 0 Å². The number of likely N-dealkylation sites (N-methyl/N-ethyl adjacent to an activating group) is 1. The van der Waals surface area contributed by atoms with Crippen LogP contribution in [0.1, 0.15) is 42.6 Å². The normalized spacial score (nSPS) is 14.7. The number of H-pyrrole nitrogens is 1. The van der Waals surface area contributed by atoms with Crippen LogP contribution in [0.15, 0.2) is 53.3 Å². The lowest BCUT2D eigenvalue weighted by Gasteiger charge is -2.32. The fourth-order valence-electron chi connectivity index (χ4n) is 4.84. The number of carbonyl (C=O) groups excluding carboxylic acids is 1. The van der Waals surface area contributed by atoms with Crippen LogP contribution in [0.5, 0.6) is 0 Å². The molecule has 0 atom stereocenters. The highest BCUT2D eigenvalue weighted by Gasteiger charge is 2.24. The highest BCUT2D eigenvalue weighted by atomic mass is 32.1. The molecule has 1 saturated heterocycles. The number of aromatic amines is 1. The molecule has 2 aromatic carbocycles. The van der Waals surface area contributed by atoms with Gasteiger partial charge in [0, 0.05) is 31.7 Å². The summed E-state index contributed by atoms with van der Waals surface area (Å²) < 4.78 is 2.02. The molecule has 6 nitrogen and oxygen atoms in total. The van der Waals surface area contributed by atoms with E-state index in [1.807, 2.05) is 11.0 Å². The predicted octanol–water partition coefficient (Wildman–Crippen LogP) is 4.50. The molecule has 4 rings (SSSR count). The summed E-state index contributed by atoms with van der Waals surface area (Å²) in [6.45, 7) is 8.93. The Morgan fingerprint density at radius 2 is 1.79 bits per heavy atom. The van der Waals surface area contributed by atoms with Crippen molar-refractivity contribution in [2.24, 2.45) is 5.92 Å². The Bertz CT molecular complexity index is 1240. The monoisotopic (exact) mass is 478 g/mol. The Labute approximate surface area is 206 Å². The lowest BCUT2D eigenvalue weighted by molar-refractivity contribution is 0.0690. The van der Waals surface area contributed by atoms with Gasteiger partial charge in [0.05, 0.1) is 10.9 Å². The Hall–Kier alpha value is -2.77. The minimum atomic E-state index is -0.105. The zero-order chi connectivity index (χ0) is 24.1. The number of benzene rings is 2. The van der Waals surface area contributed by atoms with E-state index >= 15 is 0 Å². The van der Waals surface area contributed by atoms with E-state index in [1.54, 1.807) is 22.8 Å². The van der Waals surface area contributed by atoms with Gasteiger partial charge in [-0.05, 0) is 74.3 Å². The van der Waals surface area contributed by atoms with Crippen molar-refractivity contribution in [2.45, 2.75) is 39.7 Å². The molecule has 0 aliphatic carbocycles. The number of nitrogens with zero attached hydrogens (tertiary/aromatic N) is 3. The van der Waals surface area contributed by atoms with Gasteiger partial charge in [-0.1, -0.05) is 44.2 Å². The van der Waals surface area contributed by atoms with Crippen LogP contribution in [0.25, 0.3) is 10.9 Å². The number of amides is 1. The first kappa shape index (κ1) is 24.4. The van der Waals surface area contributed by atoms with Gasteiger partial charge in [0.15, 0.2) is 4.77 Å². The van der Waals surface area contributed by atoms with Crippen molar-refractivity contribution in [2.75, 3.05) is 32.7 Å². The summed E-state index contributed by atoms with van der Waals surface area (Å²) in [5.74, 6) is 0.624. The summed E-state index contributed by atoms with van der Waals surface area (Å²) in [5.41, 5.74) is 2.48. The fraction of sp³-hybridized carbons (Fsp3) is 0.444. The van der Waals surface area contributed by atoms with Gasteiger partial charge >= 0.3 is 0 Å². The molecule has 1 aliphatic heterocycles. The number of hydrogen-bond acceptors (Lipinski definition) is 4. The Balaban J connectivity index is 1.45. The van der Waals surface area contributed by atoms with Gasteiger partial charge in [-0.3, -0.25) is 14.2 Å². The summed E-state index contributed by atoms with van der Waals surface area (Å²) in [6, 6.07) is 15.9. The minimum Gasteiger partial charge on any atom is -0.339 e. The van der Waals surface area contributed by atoms with Crippen molar-refractivity contribution < 1.29 is 4.79 Å². The molecule has 7 heteroatoms. The third-order valence-corrected chi connectivity index (χ3v) is 7.35. The number of nitrogens with one attached hydrogen (secondary N) is 1. The second kappa shape index (κ2) is 11.1. The van der Waals surface area contributed by atoms with Crippen molar-refractivity contribution in [1.29, 1.82) is 0 Å². The van der Waals surface area contributed by atoms with Gasteiger partial charge in [-0.25, -0.2) is 0 Å². The quantitative estimate of drug-likeness (QED) is 0.485. The molecule has 2 heterocycles. The number of hydrogen-bond donors (Lipinski definition) is 1. The standard InChI is InChI=1S/C27H34N4O2S/c1-3-29(4-2)16-17-31-26(33)23-11-10-22(19-24(23)28-27(31)34)25(32)30-14-12-21(13-15-30)18-20-8-6-5-7-9-20/h5-11,19,21H,3-4,12-18H2,1-2H3,(H,28,34). The molecular weight excluding hydrogens is 444 g/mol. The van der Waals surface area contributed by atoms with E-state index in [1.165, 1.54) is 5.56 Å². The molecule has 0 saturated carbocycles. The van der Waals surface area contributed by atoms with Crippen LogP contribution < -0.4 is 5.56 Å². The number of fused-ring (bicyclic) bond motifs is 1. The molecule has 1 aromatic heterocycles. The van der Waals surface area contributed by atoms with E-state index in [0.29, 0.717) is 33.7 Å². The molecule has 0 bridgehead atoms. The van der Waals surface area contributed by atoms with Gasteiger partial charge in [-0.15, -0.1) is 0 Å². The van der Waals surface area contributed by atoms with Crippen LogP contribution >= 0.6 is 12.2 Å². The first-order valence-corrected chi connectivity index (χ1v) is 12.7. The second-order valence-corrected chi connectivity index (χ2v) is 9.49. The molecule has 34 heavy (non-hydrogen) atoms. The van der Waals surface area contributed by atoms with Crippen LogP contribution in [-0.2, 0) is 13.0 Å². The molecule has 180 valence electrons. The van der Waals surface area contributed by atoms with E-state index < -0.39 is 0 Å². The van der Waals surface area contributed by atoms with E-state index in [0.717, 1.165) is 52.0 Å². The first-order chi connectivity index (χ1) is 16.5. The zero-order valence-corrected chi connectivity index (χ0v) is 20.9. The zero-order valence-electron chi connectivity index (χ0n) is 20.1. The maximum absolute atomic E-state index is 13.2. The fourth-order valence-corrected chi connectivity index (χ4v) is 5.13. The van der Waals surface area contributed by atoms with Crippen LogP contribution in [0, 0.1) is 10.7 Å². The lowest BCUT2D eigenvalue weighted by atomic mass is 9.90. The molecule has 1 N–H and O–H groups in total. The van der Waals surface area contributed by atoms with Gasteiger partial charge < -0.3 is 14.8 Å². The molecule has 0 spiro atoms. The molecule has 0 radical (unpaired) electrons. The number of carbonyl (C=O) groups is 1. The van der Waals surface area contributed by atoms with E-state index in [4.69, 9.17) is 12.2 Å². The highest BCUT2D eigenvalue weighted by molar-refractivity contribution is 7.71. The molecule has 1 amide bonds. The third-order valence-electron chi connectivity index (χ3n) is 7.03. The number of rotatable bonds is 8. The maximum Gasteiger partial charge on any atom is 0.262 e. The molecule has 0 unspecified atom stereocenters. The van der Waals surface area contributed by atoms with Crippen molar-refractivity contribution in [3.8, 4) is 0 Å². The molecule has 1 fully saturated rings. The van der Waals surface area contributed by atoms with E-state index in [-0.39, 0.29) is 11.5 Å². The summed E-state index contributed by atoms with van der Waals surface area (Å²) in [5, 5.41) is 0.561. The average Bonchev–Trinajstić information content (AvgIpc) is 2.86. The average molecular weight is 479 g/mol. The maximum atomic E-state index is 13.2. The van der Waals surface area contributed by atoms with Crippen LogP contribution in [0.4, 0.5) is 0 Å². The summed E-state index contributed by atoms with van der Waals surface area (Å²) in [7, 11) is 0. The second-order valence-electron chi connectivity index (χ2n) is 9.10. The number of piperidine rings is 1. The largest absolute Gasteiger partial charge is 0.339 e. The van der Waals surface area contributed by atoms with Crippen molar-refractivity contribution in [3.05, 3.63) is 74.8 Å². The third kappa shape index (κ3) is 5.47. The lowest BCUT2D eigenvalue weighted by Crippen LogP contribution is -2.39. The van der Waals surface area contributed by atoms with Crippen molar-refractivity contribution in [3.63, 3.8) is 0 Å². The van der Waals surface area contributed by atoms with Crippen LogP contribution in [-0.4, -0.2) is 58.0 Å². The van der Waals surface area contributed by atoms with E-state index in [2.05, 4.69) is 48.0 Å². The molecule has 3 aromatic rings. The Kier molecular flexibility index (Phi) is 7.95. The molecular formula is C27H34N4O2S. The minimum absolute atomic E-state index is 0.0186. The van der Waals surface area contributed by atoms with Gasteiger partial charge in [-0.2, -0.15) is 0 Å². The van der Waals surface area contributed by atoms with Gasteiger partial charge in [0.2, 0.25) is 0 Å². The summed E-state index contributed by atoms with van der Waals surface area (Å²) in [4.78, 5) is 33.6. The van der Waals surface area contributed by atoms with E-state index in [9.17, 15) is 9.59 Å². The van der Waals surface area contributed by atoms with Crippen LogP contribution in [0.3, 0.4) is 0 Å². The topological polar surface area (TPSA) is 61.3 Å².